The number of rotatable bonds is 2. The predicted octanol–water partition coefficient (Wildman–Crippen LogP) is 3.56. The number of halogens is 3. The number of benzene rings is 1. The molecule has 76 valence electrons. The number of hydrogen-bond acceptors (Lipinski definition) is 1. The normalized spacial score (nSPS) is 12.3. The third-order valence-electron chi connectivity index (χ3n) is 1.57. The molecule has 0 aliphatic rings. The zero-order valence-electron chi connectivity index (χ0n) is 7.35. The van der Waals surface area contributed by atoms with E-state index in [1.54, 1.807) is 25.1 Å². The monoisotopic (exact) mass is 251 g/mol. The fourth-order valence-electron chi connectivity index (χ4n) is 0.840. The Bertz CT molecular complexity index is 332. The lowest BCUT2D eigenvalue weighted by molar-refractivity contribution is -0.115. The van der Waals surface area contributed by atoms with Gasteiger partial charge in [-0.2, -0.15) is 0 Å². The van der Waals surface area contributed by atoms with E-state index in [2.05, 4.69) is 5.32 Å². The molecule has 0 fully saturated rings. The number of para-hydroxylation sites is 1. The molecule has 0 saturated carbocycles. The van der Waals surface area contributed by atoms with Gasteiger partial charge in [0, 0.05) is 0 Å². The van der Waals surface area contributed by atoms with Crippen LogP contribution in [0.25, 0.3) is 0 Å². The van der Waals surface area contributed by atoms with Gasteiger partial charge in [-0.05, 0) is 19.1 Å². The van der Waals surface area contributed by atoms with E-state index >= 15 is 0 Å². The number of hydrogen-bond donors (Lipinski definition) is 1. The molecule has 5 heteroatoms. The Morgan fingerprint density at radius 3 is 2.29 bits per heavy atom. The molecule has 2 nitrogen and oxygen atoms in total. The Morgan fingerprint density at radius 1 is 1.36 bits per heavy atom. The highest BCUT2D eigenvalue weighted by Gasteiger charge is 2.13. The third kappa shape index (κ3) is 2.77. The van der Waals surface area contributed by atoms with E-state index < -0.39 is 5.38 Å². The molecule has 0 aliphatic heterocycles. The van der Waals surface area contributed by atoms with Crippen LogP contribution in [0.1, 0.15) is 6.92 Å². The maximum absolute atomic E-state index is 11.3. The number of amides is 1. The quantitative estimate of drug-likeness (QED) is 0.801. The summed E-state index contributed by atoms with van der Waals surface area (Å²) in [6.07, 6.45) is 0. The highest BCUT2D eigenvalue weighted by molar-refractivity contribution is 6.40. The molecule has 1 aromatic carbocycles. The van der Waals surface area contributed by atoms with Crippen molar-refractivity contribution in [3.05, 3.63) is 28.2 Å². The van der Waals surface area contributed by atoms with Gasteiger partial charge >= 0.3 is 0 Å². The van der Waals surface area contributed by atoms with E-state index in [9.17, 15) is 4.79 Å². The lowest BCUT2D eigenvalue weighted by Crippen LogP contribution is -2.20. The summed E-state index contributed by atoms with van der Waals surface area (Å²) in [5, 5.41) is 2.70. The minimum absolute atomic E-state index is 0.332. The highest BCUT2D eigenvalue weighted by Crippen LogP contribution is 2.29. The molecule has 1 rings (SSSR count). The Hall–Kier alpha value is -0.440. The molecular formula is C9H8Cl3NO. The Morgan fingerprint density at radius 2 is 1.86 bits per heavy atom. The van der Waals surface area contributed by atoms with Crippen LogP contribution in [-0.4, -0.2) is 11.3 Å². The molecular weight excluding hydrogens is 244 g/mol. The van der Waals surface area contributed by atoms with Crippen LogP contribution in [0.5, 0.6) is 0 Å². The molecule has 1 amide bonds. The minimum atomic E-state index is -0.623. The Kier molecular flexibility index (Phi) is 4.05. The standard InChI is InChI=1S/C9H8Cl3NO/c1-5(10)9(14)13-8-6(11)3-2-4-7(8)12/h2-5H,1H3,(H,13,14)/t5-/m0/s1. The van der Waals surface area contributed by atoms with Crippen LogP contribution in [0.2, 0.25) is 10.0 Å². The second-order valence-corrected chi connectivity index (χ2v) is 4.17. The predicted molar refractivity (Wildman–Crippen MR) is 60.4 cm³/mol. The summed E-state index contributed by atoms with van der Waals surface area (Å²) in [6, 6.07) is 4.98. The van der Waals surface area contributed by atoms with Crippen molar-refractivity contribution < 1.29 is 4.79 Å². The maximum Gasteiger partial charge on any atom is 0.242 e. The Labute approximate surface area is 97.1 Å². The van der Waals surface area contributed by atoms with E-state index in [-0.39, 0.29) is 5.91 Å². The molecule has 0 aromatic heterocycles. The lowest BCUT2D eigenvalue weighted by atomic mass is 10.3. The number of carbonyl (C=O) groups is 1. The first-order chi connectivity index (χ1) is 6.52. The van der Waals surface area contributed by atoms with E-state index in [1.807, 2.05) is 0 Å². The average molecular weight is 253 g/mol. The topological polar surface area (TPSA) is 29.1 Å². The van der Waals surface area contributed by atoms with Crippen molar-refractivity contribution in [2.45, 2.75) is 12.3 Å². The smallest absolute Gasteiger partial charge is 0.242 e. The van der Waals surface area contributed by atoms with Crippen molar-refractivity contribution in [3.8, 4) is 0 Å². The van der Waals surface area contributed by atoms with Crippen molar-refractivity contribution in [2.24, 2.45) is 0 Å². The molecule has 0 radical (unpaired) electrons. The molecule has 1 atom stereocenters. The molecule has 14 heavy (non-hydrogen) atoms. The van der Waals surface area contributed by atoms with Gasteiger partial charge in [-0.1, -0.05) is 29.3 Å². The van der Waals surface area contributed by atoms with Crippen LogP contribution in [0, 0.1) is 0 Å². The van der Waals surface area contributed by atoms with Gasteiger partial charge in [0.2, 0.25) is 5.91 Å². The minimum Gasteiger partial charge on any atom is -0.322 e. The van der Waals surface area contributed by atoms with Crippen LogP contribution < -0.4 is 5.32 Å². The van der Waals surface area contributed by atoms with Crippen molar-refractivity contribution >= 4 is 46.4 Å². The van der Waals surface area contributed by atoms with E-state index in [0.29, 0.717) is 15.7 Å². The summed E-state index contributed by atoms with van der Waals surface area (Å²) in [5.41, 5.74) is 0.397. The van der Waals surface area contributed by atoms with E-state index in [0.717, 1.165) is 0 Å². The first-order valence-corrected chi connectivity index (χ1v) is 5.10. The molecule has 0 aliphatic carbocycles. The van der Waals surface area contributed by atoms with Gasteiger partial charge < -0.3 is 5.32 Å². The van der Waals surface area contributed by atoms with E-state index in [1.165, 1.54) is 0 Å². The van der Waals surface area contributed by atoms with Crippen LogP contribution >= 0.6 is 34.8 Å². The van der Waals surface area contributed by atoms with Crippen molar-refractivity contribution in [1.29, 1.82) is 0 Å². The summed E-state index contributed by atoms with van der Waals surface area (Å²) in [4.78, 5) is 11.3. The number of anilines is 1. The van der Waals surface area contributed by atoms with Crippen molar-refractivity contribution in [3.63, 3.8) is 0 Å². The molecule has 0 heterocycles. The molecule has 0 bridgehead atoms. The first-order valence-electron chi connectivity index (χ1n) is 3.91. The van der Waals surface area contributed by atoms with E-state index in [4.69, 9.17) is 34.8 Å². The van der Waals surface area contributed by atoms with Crippen LogP contribution in [0.3, 0.4) is 0 Å². The Balaban J connectivity index is 2.91. The SMILES string of the molecule is C[C@H](Cl)C(=O)Nc1c(Cl)cccc1Cl. The number of alkyl halides is 1. The van der Waals surface area contributed by atoms with Gasteiger partial charge in [-0.15, -0.1) is 11.6 Å². The number of carbonyl (C=O) groups excluding carboxylic acids is 1. The summed E-state index contributed by atoms with van der Waals surface area (Å²) >= 11 is 17.3. The number of nitrogens with one attached hydrogen (secondary N) is 1. The fraction of sp³-hybridized carbons (Fsp3) is 0.222. The molecule has 1 N–H and O–H groups in total. The molecule has 0 spiro atoms. The first kappa shape index (κ1) is 11.6. The highest BCUT2D eigenvalue weighted by atomic mass is 35.5. The summed E-state index contributed by atoms with van der Waals surface area (Å²) in [5.74, 6) is -0.332. The zero-order chi connectivity index (χ0) is 10.7. The summed E-state index contributed by atoms with van der Waals surface area (Å²) in [7, 11) is 0. The second kappa shape index (κ2) is 4.87. The summed E-state index contributed by atoms with van der Waals surface area (Å²) < 4.78 is 0. The molecule has 0 saturated heterocycles. The van der Waals surface area contributed by atoms with Gasteiger partial charge in [-0.25, -0.2) is 0 Å². The lowest BCUT2D eigenvalue weighted by Gasteiger charge is -2.09. The second-order valence-electron chi connectivity index (χ2n) is 2.70. The zero-order valence-corrected chi connectivity index (χ0v) is 9.62. The van der Waals surface area contributed by atoms with Gasteiger partial charge in [-0.3, -0.25) is 4.79 Å². The average Bonchev–Trinajstić information content (AvgIpc) is 2.11. The summed E-state index contributed by atoms with van der Waals surface area (Å²) in [6.45, 7) is 1.57. The maximum atomic E-state index is 11.3. The van der Waals surface area contributed by atoms with Crippen molar-refractivity contribution in [2.75, 3.05) is 5.32 Å². The fourth-order valence-corrected chi connectivity index (χ4v) is 1.39. The van der Waals surface area contributed by atoms with Crippen LogP contribution in [0.15, 0.2) is 18.2 Å². The van der Waals surface area contributed by atoms with Crippen LogP contribution in [-0.2, 0) is 4.79 Å². The third-order valence-corrected chi connectivity index (χ3v) is 2.40. The molecule has 1 aromatic rings. The largest absolute Gasteiger partial charge is 0.322 e. The van der Waals surface area contributed by atoms with Gasteiger partial charge in [0.05, 0.1) is 15.7 Å². The molecule has 0 unspecified atom stereocenters. The van der Waals surface area contributed by atoms with Crippen molar-refractivity contribution in [1.82, 2.24) is 0 Å². The van der Waals surface area contributed by atoms with Gasteiger partial charge in [0.15, 0.2) is 0 Å². The van der Waals surface area contributed by atoms with Gasteiger partial charge in [0.1, 0.15) is 5.38 Å². The van der Waals surface area contributed by atoms with Gasteiger partial charge in [0.25, 0.3) is 0 Å². The van der Waals surface area contributed by atoms with Crippen LogP contribution in [0.4, 0.5) is 5.69 Å².